The van der Waals surface area contributed by atoms with Gasteiger partial charge in [-0.05, 0) is 25.0 Å². The lowest BCUT2D eigenvalue weighted by molar-refractivity contribution is 0.124. The Hall–Kier alpha value is -2.39. The normalized spacial score (nSPS) is 20.5. The Bertz CT molecular complexity index is 875. The van der Waals surface area contributed by atoms with Crippen molar-refractivity contribution in [3.05, 3.63) is 36.8 Å². The predicted molar refractivity (Wildman–Crippen MR) is 91.9 cm³/mol. The van der Waals surface area contributed by atoms with Crippen LogP contribution in [0.25, 0.3) is 0 Å². The van der Waals surface area contributed by atoms with E-state index in [-0.39, 0.29) is 17.5 Å². The van der Waals surface area contributed by atoms with Gasteiger partial charge >= 0.3 is 0 Å². The lowest BCUT2D eigenvalue weighted by Crippen LogP contribution is -2.44. The molecule has 9 heteroatoms. The topological polar surface area (TPSA) is 90.9 Å². The molecule has 8 nitrogen and oxygen atoms in total. The van der Waals surface area contributed by atoms with Crippen LogP contribution in [0.5, 0.6) is 17.4 Å². The van der Waals surface area contributed by atoms with Crippen LogP contribution in [0.2, 0.25) is 0 Å². The van der Waals surface area contributed by atoms with Gasteiger partial charge in [-0.2, -0.15) is 4.31 Å². The monoisotopic (exact) mass is 377 g/mol. The maximum atomic E-state index is 13.0. The molecule has 0 saturated carbocycles. The van der Waals surface area contributed by atoms with E-state index < -0.39 is 10.0 Å². The van der Waals surface area contributed by atoms with Gasteiger partial charge in [-0.3, -0.25) is 0 Å². The lowest BCUT2D eigenvalue weighted by atomic mass is 10.1. The van der Waals surface area contributed by atoms with Crippen molar-refractivity contribution >= 4 is 10.0 Å². The van der Waals surface area contributed by atoms with Gasteiger partial charge in [-0.1, -0.05) is 0 Å². The molecule has 0 radical (unpaired) electrons. The highest BCUT2D eigenvalue weighted by atomic mass is 32.2. The van der Waals surface area contributed by atoms with Crippen LogP contribution in [0, 0.1) is 0 Å². The summed E-state index contributed by atoms with van der Waals surface area (Å²) in [4.78, 5) is 8.08. The Labute approximate surface area is 151 Å². The molecule has 1 aromatic heterocycles. The van der Waals surface area contributed by atoms with Crippen molar-refractivity contribution in [3.8, 4) is 17.4 Å². The fraction of sp³-hybridized carbons (Fsp3) is 0.412. The number of sulfonamides is 1. The Balaban J connectivity index is 1.52. The average Bonchev–Trinajstić information content (AvgIpc) is 2.68. The molecular weight excluding hydrogens is 358 g/mol. The maximum Gasteiger partial charge on any atom is 0.243 e. The van der Waals surface area contributed by atoms with E-state index in [1.54, 1.807) is 24.4 Å². The highest BCUT2D eigenvalue weighted by Gasteiger charge is 2.32. The van der Waals surface area contributed by atoms with Crippen molar-refractivity contribution in [1.29, 1.82) is 0 Å². The van der Waals surface area contributed by atoms with E-state index in [1.807, 2.05) is 0 Å². The SMILES string of the molecule is O=S(=O)(c1ccc2c(c1)OCCO2)N1CCCC(Oc2ccncn2)C1. The minimum Gasteiger partial charge on any atom is -0.486 e. The molecule has 2 aliphatic heterocycles. The van der Waals surface area contributed by atoms with E-state index in [9.17, 15) is 8.42 Å². The molecule has 2 aromatic rings. The van der Waals surface area contributed by atoms with Crippen LogP contribution in [0.3, 0.4) is 0 Å². The summed E-state index contributed by atoms with van der Waals surface area (Å²) in [7, 11) is -3.64. The molecule has 1 aromatic carbocycles. The van der Waals surface area contributed by atoms with Gasteiger partial charge in [0.2, 0.25) is 15.9 Å². The Kier molecular flexibility index (Phi) is 4.64. The number of hydrogen-bond donors (Lipinski definition) is 0. The summed E-state index contributed by atoms with van der Waals surface area (Å²) in [6, 6.07) is 6.38. The zero-order valence-electron chi connectivity index (χ0n) is 14.1. The Morgan fingerprint density at radius 3 is 2.81 bits per heavy atom. The molecular formula is C17H19N3O5S. The summed E-state index contributed by atoms with van der Waals surface area (Å²) >= 11 is 0. The first-order chi connectivity index (χ1) is 12.6. The molecule has 1 unspecified atom stereocenters. The van der Waals surface area contributed by atoms with Gasteiger partial charge in [0, 0.05) is 24.9 Å². The van der Waals surface area contributed by atoms with Crippen LogP contribution in [-0.4, -0.2) is 55.1 Å². The zero-order valence-corrected chi connectivity index (χ0v) is 14.9. The second-order valence-corrected chi connectivity index (χ2v) is 8.04. The summed E-state index contributed by atoms with van der Waals surface area (Å²) in [5.41, 5.74) is 0. The summed E-state index contributed by atoms with van der Waals surface area (Å²) in [5, 5.41) is 0. The van der Waals surface area contributed by atoms with Crippen molar-refractivity contribution in [2.75, 3.05) is 26.3 Å². The first kappa shape index (κ1) is 17.0. The van der Waals surface area contributed by atoms with Gasteiger partial charge in [-0.25, -0.2) is 18.4 Å². The van der Waals surface area contributed by atoms with Gasteiger partial charge in [0.15, 0.2) is 11.5 Å². The van der Waals surface area contributed by atoms with Crippen molar-refractivity contribution in [3.63, 3.8) is 0 Å². The first-order valence-corrected chi connectivity index (χ1v) is 9.89. The van der Waals surface area contributed by atoms with Crippen molar-refractivity contribution in [2.45, 2.75) is 23.8 Å². The quantitative estimate of drug-likeness (QED) is 0.797. The van der Waals surface area contributed by atoms with Crippen LogP contribution >= 0.6 is 0 Å². The smallest absolute Gasteiger partial charge is 0.243 e. The first-order valence-electron chi connectivity index (χ1n) is 8.45. The standard InChI is InChI=1S/C17H19N3O5S/c21-26(22,14-3-4-15-16(10-14)24-9-8-23-15)20-7-1-2-13(11-20)25-17-5-6-18-12-19-17/h3-6,10,12-13H,1-2,7-9,11H2. The van der Waals surface area contributed by atoms with Crippen LogP contribution in [0.1, 0.15) is 12.8 Å². The summed E-state index contributed by atoms with van der Waals surface area (Å²) in [5.74, 6) is 1.48. The van der Waals surface area contributed by atoms with E-state index >= 15 is 0 Å². The van der Waals surface area contributed by atoms with E-state index in [0.29, 0.717) is 37.1 Å². The van der Waals surface area contributed by atoms with Gasteiger partial charge in [0.25, 0.3) is 0 Å². The van der Waals surface area contributed by atoms with Gasteiger partial charge < -0.3 is 14.2 Å². The number of piperidine rings is 1. The fourth-order valence-electron chi connectivity index (χ4n) is 3.07. The maximum absolute atomic E-state index is 13.0. The molecule has 1 fully saturated rings. The van der Waals surface area contributed by atoms with E-state index in [0.717, 1.165) is 12.8 Å². The number of aromatic nitrogens is 2. The third kappa shape index (κ3) is 3.45. The zero-order chi connectivity index (χ0) is 18.0. The average molecular weight is 377 g/mol. The fourth-order valence-corrected chi connectivity index (χ4v) is 4.60. The summed E-state index contributed by atoms with van der Waals surface area (Å²) < 4.78 is 44.3. The molecule has 4 rings (SSSR count). The van der Waals surface area contributed by atoms with Gasteiger partial charge in [0.05, 0.1) is 11.4 Å². The van der Waals surface area contributed by atoms with Gasteiger partial charge in [0.1, 0.15) is 25.6 Å². The van der Waals surface area contributed by atoms with Crippen molar-refractivity contribution in [2.24, 2.45) is 0 Å². The van der Waals surface area contributed by atoms with Crippen LogP contribution in [0.4, 0.5) is 0 Å². The Morgan fingerprint density at radius 2 is 2.00 bits per heavy atom. The number of hydrogen-bond acceptors (Lipinski definition) is 7. The Morgan fingerprint density at radius 1 is 1.15 bits per heavy atom. The lowest BCUT2D eigenvalue weighted by Gasteiger charge is -2.32. The molecule has 1 atom stereocenters. The highest BCUT2D eigenvalue weighted by Crippen LogP contribution is 2.33. The molecule has 1 saturated heterocycles. The van der Waals surface area contributed by atoms with E-state index in [2.05, 4.69) is 9.97 Å². The molecule has 0 bridgehead atoms. The minimum atomic E-state index is -3.64. The second-order valence-electron chi connectivity index (χ2n) is 6.10. The number of nitrogens with zero attached hydrogens (tertiary/aromatic N) is 3. The molecule has 0 amide bonds. The molecule has 0 aliphatic carbocycles. The van der Waals surface area contributed by atoms with Crippen LogP contribution < -0.4 is 14.2 Å². The molecule has 2 aliphatic rings. The summed E-state index contributed by atoms with van der Waals surface area (Å²) in [6.07, 6.45) is 4.25. The van der Waals surface area contributed by atoms with Crippen LogP contribution in [0.15, 0.2) is 41.7 Å². The number of rotatable bonds is 4. The number of benzene rings is 1. The van der Waals surface area contributed by atoms with Gasteiger partial charge in [-0.15, -0.1) is 0 Å². The van der Waals surface area contributed by atoms with E-state index in [4.69, 9.17) is 14.2 Å². The van der Waals surface area contributed by atoms with E-state index in [1.165, 1.54) is 16.7 Å². The van der Waals surface area contributed by atoms with Crippen LogP contribution in [-0.2, 0) is 10.0 Å². The molecule has 0 spiro atoms. The molecule has 0 N–H and O–H groups in total. The van der Waals surface area contributed by atoms with Crippen molar-refractivity contribution in [1.82, 2.24) is 14.3 Å². The minimum absolute atomic E-state index is 0.199. The van der Waals surface area contributed by atoms with Crippen molar-refractivity contribution < 1.29 is 22.6 Å². The third-order valence-corrected chi connectivity index (χ3v) is 6.20. The molecule has 138 valence electrons. The highest BCUT2D eigenvalue weighted by molar-refractivity contribution is 7.89. The molecule has 26 heavy (non-hydrogen) atoms. The number of fused-ring (bicyclic) bond motifs is 1. The molecule has 3 heterocycles. The largest absolute Gasteiger partial charge is 0.486 e. The number of ether oxygens (including phenoxy) is 3. The summed E-state index contributed by atoms with van der Waals surface area (Å²) in [6.45, 7) is 1.61. The predicted octanol–water partition coefficient (Wildman–Crippen LogP) is 1.48. The second kappa shape index (κ2) is 7.08. The third-order valence-electron chi connectivity index (χ3n) is 4.33.